The summed E-state index contributed by atoms with van der Waals surface area (Å²) in [4.78, 5) is 0. The Labute approximate surface area is 140 Å². The molecule has 2 aromatic carbocycles. The molecule has 0 heterocycles. The minimum Gasteiger partial charge on any atom is -0.494 e. The van der Waals surface area contributed by atoms with E-state index in [1.807, 2.05) is 31.2 Å². The maximum atomic E-state index is 5.51. The van der Waals surface area contributed by atoms with Crippen LogP contribution in [0.2, 0.25) is 0 Å². The average Bonchev–Trinajstić information content (AvgIpc) is 2.52. The number of methoxy groups -OCH3 is 1. The summed E-state index contributed by atoms with van der Waals surface area (Å²) in [5, 5.41) is 0. The second-order valence-corrected chi connectivity index (χ2v) is 5.74. The maximum absolute atomic E-state index is 5.51. The van der Waals surface area contributed by atoms with Crippen LogP contribution in [0.3, 0.4) is 0 Å². The molecule has 0 aliphatic heterocycles. The van der Waals surface area contributed by atoms with Gasteiger partial charge in [0.2, 0.25) is 0 Å². The monoisotopic (exact) mass is 364 g/mol. The first-order valence-electron chi connectivity index (χ1n) is 7.29. The molecule has 0 atom stereocenters. The van der Waals surface area contributed by atoms with E-state index in [1.165, 1.54) is 11.1 Å². The molecule has 0 N–H and O–H groups in total. The fraction of sp³-hybridized carbons (Fsp3) is 0.333. The molecule has 0 saturated carbocycles. The number of benzene rings is 2. The fourth-order valence-electron chi connectivity index (χ4n) is 2.25. The molecule has 0 amide bonds. The first-order chi connectivity index (χ1) is 10.7. The molecular formula is C18H21BrO3. The largest absolute Gasteiger partial charge is 0.494 e. The Morgan fingerprint density at radius 3 is 2.50 bits per heavy atom. The predicted molar refractivity (Wildman–Crippen MR) is 91.2 cm³/mol. The van der Waals surface area contributed by atoms with E-state index in [2.05, 4.69) is 34.1 Å². The van der Waals surface area contributed by atoms with Crippen LogP contribution < -0.4 is 4.74 Å². The standard InChI is InChI=1S/C18H21BrO3/c1-3-22-16-9-7-14(8-10-16)11-15-5-4-6-18(19)17(15)12-21-13-20-2/h4-10H,3,11-13H2,1-2H3. The van der Waals surface area contributed by atoms with Crippen LogP contribution >= 0.6 is 15.9 Å². The summed E-state index contributed by atoms with van der Waals surface area (Å²) >= 11 is 3.60. The van der Waals surface area contributed by atoms with E-state index in [0.29, 0.717) is 20.0 Å². The van der Waals surface area contributed by atoms with Crippen LogP contribution in [0.5, 0.6) is 5.75 Å². The first kappa shape index (κ1) is 17.0. The molecule has 0 radical (unpaired) electrons. The Kier molecular flexibility index (Phi) is 6.90. The van der Waals surface area contributed by atoms with Crippen molar-refractivity contribution in [1.29, 1.82) is 0 Å². The summed E-state index contributed by atoms with van der Waals surface area (Å²) in [6, 6.07) is 14.4. The van der Waals surface area contributed by atoms with E-state index in [4.69, 9.17) is 14.2 Å². The second kappa shape index (κ2) is 8.93. The molecule has 0 aliphatic carbocycles. The number of rotatable bonds is 8. The summed E-state index contributed by atoms with van der Waals surface area (Å²) in [6.07, 6.45) is 0.859. The Balaban J connectivity index is 2.12. The topological polar surface area (TPSA) is 27.7 Å². The Morgan fingerprint density at radius 1 is 1.05 bits per heavy atom. The van der Waals surface area contributed by atoms with E-state index in [-0.39, 0.29) is 0 Å². The molecule has 2 rings (SSSR count). The van der Waals surface area contributed by atoms with Crippen molar-refractivity contribution in [3.05, 3.63) is 63.6 Å². The minimum atomic E-state index is 0.295. The number of ether oxygens (including phenoxy) is 3. The molecule has 4 heteroatoms. The Hall–Kier alpha value is -1.36. The van der Waals surface area contributed by atoms with Crippen LogP contribution in [0.1, 0.15) is 23.6 Å². The molecule has 0 fully saturated rings. The number of hydrogen-bond donors (Lipinski definition) is 0. The van der Waals surface area contributed by atoms with Gasteiger partial charge in [-0.15, -0.1) is 0 Å². The lowest BCUT2D eigenvalue weighted by molar-refractivity contribution is -0.0394. The smallest absolute Gasteiger partial charge is 0.146 e. The highest BCUT2D eigenvalue weighted by Gasteiger charge is 2.08. The van der Waals surface area contributed by atoms with E-state index in [9.17, 15) is 0 Å². The van der Waals surface area contributed by atoms with Gasteiger partial charge >= 0.3 is 0 Å². The Bertz CT molecular complexity index is 581. The maximum Gasteiger partial charge on any atom is 0.146 e. The fourth-order valence-corrected chi connectivity index (χ4v) is 2.77. The van der Waals surface area contributed by atoms with Crippen molar-refractivity contribution in [3.63, 3.8) is 0 Å². The highest BCUT2D eigenvalue weighted by molar-refractivity contribution is 9.10. The van der Waals surface area contributed by atoms with Crippen molar-refractivity contribution >= 4 is 15.9 Å². The summed E-state index contributed by atoms with van der Waals surface area (Å²) in [7, 11) is 1.63. The lowest BCUT2D eigenvalue weighted by Gasteiger charge is -2.12. The van der Waals surface area contributed by atoms with E-state index in [1.54, 1.807) is 7.11 Å². The van der Waals surface area contributed by atoms with Gasteiger partial charge in [-0.2, -0.15) is 0 Å². The van der Waals surface area contributed by atoms with Crippen LogP contribution in [0, 0.1) is 0 Å². The molecule has 3 nitrogen and oxygen atoms in total. The zero-order chi connectivity index (χ0) is 15.8. The van der Waals surface area contributed by atoms with Crippen molar-refractivity contribution in [2.24, 2.45) is 0 Å². The van der Waals surface area contributed by atoms with Gasteiger partial charge in [0, 0.05) is 11.6 Å². The Morgan fingerprint density at radius 2 is 1.82 bits per heavy atom. The van der Waals surface area contributed by atoms with Gasteiger partial charge in [0.1, 0.15) is 12.5 Å². The van der Waals surface area contributed by atoms with Gasteiger partial charge in [0.15, 0.2) is 0 Å². The van der Waals surface area contributed by atoms with Crippen molar-refractivity contribution in [2.45, 2.75) is 20.0 Å². The van der Waals surface area contributed by atoms with Gasteiger partial charge in [-0.1, -0.05) is 40.2 Å². The number of halogens is 1. The van der Waals surface area contributed by atoms with E-state index in [0.717, 1.165) is 22.2 Å². The zero-order valence-corrected chi connectivity index (χ0v) is 14.6. The first-order valence-corrected chi connectivity index (χ1v) is 8.08. The summed E-state index contributed by atoms with van der Waals surface area (Å²) < 4.78 is 17.0. The molecule has 0 spiro atoms. The van der Waals surface area contributed by atoms with Crippen LogP contribution in [-0.4, -0.2) is 20.5 Å². The van der Waals surface area contributed by atoms with Crippen LogP contribution in [0.4, 0.5) is 0 Å². The molecule has 0 aromatic heterocycles. The predicted octanol–water partition coefficient (Wildman–Crippen LogP) is 4.56. The summed E-state index contributed by atoms with van der Waals surface area (Å²) in [6.45, 7) is 3.50. The van der Waals surface area contributed by atoms with Crippen molar-refractivity contribution in [1.82, 2.24) is 0 Å². The molecule has 2 aromatic rings. The highest BCUT2D eigenvalue weighted by atomic mass is 79.9. The van der Waals surface area contributed by atoms with Gasteiger partial charge in [-0.05, 0) is 48.2 Å². The van der Waals surface area contributed by atoms with Crippen LogP contribution in [-0.2, 0) is 22.5 Å². The molecule has 0 unspecified atom stereocenters. The SMILES string of the molecule is CCOc1ccc(Cc2cccc(Br)c2COCOC)cc1. The second-order valence-electron chi connectivity index (χ2n) is 4.89. The third-order valence-corrected chi connectivity index (χ3v) is 4.04. The van der Waals surface area contributed by atoms with Crippen LogP contribution in [0.25, 0.3) is 0 Å². The van der Waals surface area contributed by atoms with Gasteiger partial charge in [0.25, 0.3) is 0 Å². The van der Waals surface area contributed by atoms with E-state index < -0.39 is 0 Å². The average molecular weight is 365 g/mol. The lowest BCUT2D eigenvalue weighted by Crippen LogP contribution is -2.02. The summed E-state index contributed by atoms with van der Waals surface area (Å²) in [5.74, 6) is 0.907. The third-order valence-electron chi connectivity index (χ3n) is 3.29. The van der Waals surface area contributed by atoms with Crippen LogP contribution in [0.15, 0.2) is 46.9 Å². The zero-order valence-electron chi connectivity index (χ0n) is 13.0. The number of hydrogen-bond acceptors (Lipinski definition) is 3. The van der Waals surface area contributed by atoms with Crippen molar-refractivity contribution < 1.29 is 14.2 Å². The van der Waals surface area contributed by atoms with Gasteiger partial charge in [0.05, 0.1) is 13.2 Å². The van der Waals surface area contributed by atoms with Gasteiger partial charge in [-0.3, -0.25) is 0 Å². The molecule has 0 saturated heterocycles. The van der Waals surface area contributed by atoms with E-state index >= 15 is 0 Å². The molecule has 0 aliphatic rings. The van der Waals surface area contributed by atoms with Crippen molar-refractivity contribution in [2.75, 3.05) is 20.5 Å². The van der Waals surface area contributed by atoms with Gasteiger partial charge < -0.3 is 14.2 Å². The molecule has 0 bridgehead atoms. The molecule has 118 valence electrons. The summed E-state index contributed by atoms with van der Waals surface area (Å²) in [5.41, 5.74) is 3.65. The minimum absolute atomic E-state index is 0.295. The van der Waals surface area contributed by atoms with Gasteiger partial charge in [-0.25, -0.2) is 0 Å². The lowest BCUT2D eigenvalue weighted by atomic mass is 10.00. The highest BCUT2D eigenvalue weighted by Crippen LogP contribution is 2.24. The van der Waals surface area contributed by atoms with Crippen molar-refractivity contribution in [3.8, 4) is 5.75 Å². The quantitative estimate of drug-likeness (QED) is 0.507. The molecule has 22 heavy (non-hydrogen) atoms. The normalized spacial score (nSPS) is 10.7. The third kappa shape index (κ3) is 4.83. The molecular weight excluding hydrogens is 344 g/mol.